The van der Waals surface area contributed by atoms with E-state index in [0.29, 0.717) is 13.1 Å². The molecule has 0 spiro atoms. The van der Waals surface area contributed by atoms with Crippen molar-refractivity contribution >= 4 is 11.9 Å². The summed E-state index contributed by atoms with van der Waals surface area (Å²) in [6, 6.07) is 0.373. The van der Waals surface area contributed by atoms with Gasteiger partial charge < -0.3 is 15.5 Å². The van der Waals surface area contributed by atoms with Gasteiger partial charge in [0.05, 0.1) is 0 Å². The molecule has 0 aromatic heterocycles. The fourth-order valence-corrected chi connectivity index (χ4v) is 1.93. The highest BCUT2D eigenvalue weighted by molar-refractivity contribution is 5.78. The van der Waals surface area contributed by atoms with Gasteiger partial charge in [-0.15, -0.1) is 0 Å². The van der Waals surface area contributed by atoms with E-state index in [-0.39, 0.29) is 29.9 Å². The van der Waals surface area contributed by atoms with E-state index in [4.69, 9.17) is 0 Å². The second-order valence-electron chi connectivity index (χ2n) is 5.53. The maximum absolute atomic E-state index is 11.8. The molecule has 1 rings (SSSR count). The summed E-state index contributed by atoms with van der Waals surface area (Å²) in [6.45, 7) is 9.10. The van der Waals surface area contributed by atoms with E-state index in [0.717, 1.165) is 12.8 Å². The second kappa shape index (κ2) is 6.61. The lowest BCUT2D eigenvalue weighted by molar-refractivity contribution is -0.124. The van der Waals surface area contributed by atoms with Crippen LogP contribution in [0.1, 0.15) is 40.5 Å². The number of amides is 3. The molecule has 0 unspecified atom stereocenters. The van der Waals surface area contributed by atoms with Crippen molar-refractivity contribution in [1.82, 2.24) is 15.5 Å². The van der Waals surface area contributed by atoms with Crippen molar-refractivity contribution in [2.24, 2.45) is 5.92 Å². The molecule has 1 heterocycles. The number of hydrogen-bond acceptors (Lipinski definition) is 2. The van der Waals surface area contributed by atoms with Crippen LogP contribution >= 0.6 is 0 Å². The number of hydrogen-bond donors (Lipinski definition) is 2. The molecular weight excluding hydrogens is 230 g/mol. The third-order valence-corrected chi connectivity index (χ3v) is 3.07. The standard InChI is InChI=1S/C13H25N3O2/c1-9(2)12(17)15-11-5-7-16(8-6-11)13(18)14-10(3)4/h9-11H,5-8H2,1-4H3,(H,14,18)(H,15,17). The molecule has 3 amide bonds. The van der Waals surface area contributed by atoms with Gasteiger partial charge in [-0.3, -0.25) is 4.79 Å². The van der Waals surface area contributed by atoms with Gasteiger partial charge in [0.2, 0.25) is 5.91 Å². The molecule has 5 nitrogen and oxygen atoms in total. The molecule has 5 heteroatoms. The number of piperidine rings is 1. The third kappa shape index (κ3) is 4.55. The Morgan fingerprint density at radius 3 is 2.11 bits per heavy atom. The van der Waals surface area contributed by atoms with Gasteiger partial charge in [0.1, 0.15) is 0 Å². The number of nitrogens with one attached hydrogen (secondary N) is 2. The zero-order valence-corrected chi connectivity index (χ0v) is 11.8. The maximum Gasteiger partial charge on any atom is 0.317 e. The van der Waals surface area contributed by atoms with Gasteiger partial charge in [-0.1, -0.05) is 13.8 Å². The predicted octanol–water partition coefficient (Wildman–Crippen LogP) is 1.34. The monoisotopic (exact) mass is 255 g/mol. The number of carbonyl (C=O) groups excluding carboxylic acids is 2. The molecule has 1 aliphatic heterocycles. The summed E-state index contributed by atoms with van der Waals surface area (Å²) in [5.41, 5.74) is 0. The van der Waals surface area contributed by atoms with E-state index < -0.39 is 0 Å². The summed E-state index contributed by atoms with van der Waals surface area (Å²) in [7, 11) is 0. The van der Waals surface area contributed by atoms with Crippen molar-refractivity contribution in [3.05, 3.63) is 0 Å². The average molecular weight is 255 g/mol. The topological polar surface area (TPSA) is 61.4 Å². The fraction of sp³-hybridized carbons (Fsp3) is 0.846. The van der Waals surface area contributed by atoms with Gasteiger partial charge in [-0.2, -0.15) is 0 Å². The molecule has 18 heavy (non-hydrogen) atoms. The fourth-order valence-electron chi connectivity index (χ4n) is 1.93. The van der Waals surface area contributed by atoms with Crippen molar-refractivity contribution in [2.45, 2.75) is 52.6 Å². The van der Waals surface area contributed by atoms with Crippen LogP contribution in [0.5, 0.6) is 0 Å². The van der Waals surface area contributed by atoms with Crippen LogP contribution in [0.4, 0.5) is 4.79 Å². The summed E-state index contributed by atoms with van der Waals surface area (Å²) in [5.74, 6) is 0.118. The van der Waals surface area contributed by atoms with Crippen molar-refractivity contribution in [2.75, 3.05) is 13.1 Å². The van der Waals surface area contributed by atoms with Crippen LogP contribution in [-0.4, -0.2) is 42.0 Å². The minimum absolute atomic E-state index is 0.00126. The molecule has 1 aliphatic rings. The molecule has 1 fully saturated rings. The Labute approximate surface area is 109 Å². The Bertz CT molecular complexity index is 295. The smallest absolute Gasteiger partial charge is 0.317 e. The van der Waals surface area contributed by atoms with Crippen molar-refractivity contribution in [1.29, 1.82) is 0 Å². The van der Waals surface area contributed by atoms with Crippen molar-refractivity contribution in [3.63, 3.8) is 0 Å². The molecule has 0 bridgehead atoms. The van der Waals surface area contributed by atoms with Crippen LogP contribution in [0, 0.1) is 5.92 Å². The maximum atomic E-state index is 11.8. The summed E-state index contributed by atoms with van der Waals surface area (Å²) in [6.07, 6.45) is 1.67. The average Bonchev–Trinajstić information content (AvgIpc) is 2.28. The molecule has 0 aromatic rings. The lowest BCUT2D eigenvalue weighted by Gasteiger charge is -2.33. The Hall–Kier alpha value is -1.26. The summed E-state index contributed by atoms with van der Waals surface area (Å²) >= 11 is 0. The minimum Gasteiger partial charge on any atom is -0.353 e. The van der Waals surface area contributed by atoms with Gasteiger partial charge in [-0.25, -0.2) is 4.79 Å². The Morgan fingerprint density at radius 1 is 1.11 bits per heavy atom. The first-order valence-corrected chi connectivity index (χ1v) is 6.76. The number of carbonyl (C=O) groups is 2. The molecule has 0 atom stereocenters. The van der Waals surface area contributed by atoms with Gasteiger partial charge in [0.25, 0.3) is 0 Å². The van der Waals surface area contributed by atoms with Crippen LogP contribution in [0.15, 0.2) is 0 Å². The van der Waals surface area contributed by atoms with E-state index in [9.17, 15) is 9.59 Å². The minimum atomic E-state index is -0.00126. The Balaban J connectivity index is 2.32. The largest absolute Gasteiger partial charge is 0.353 e. The van der Waals surface area contributed by atoms with Crippen LogP contribution < -0.4 is 10.6 Å². The first-order valence-electron chi connectivity index (χ1n) is 6.76. The van der Waals surface area contributed by atoms with Crippen LogP contribution in [0.25, 0.3) is 0 Å². The molecule has 0 aromatic carbocycles. The summed E-state index contributed by atoms with van der Waals surface area (Å²) in [4.78, 5) is 25.2. The third-order valence-electron chi connectivity index (χ3n) is 3.07. The van der Waals surface area contributed by atoms with E-state index >= 15 is 0 Å². The predicted molar refractivity (Wildman–Crippen MR) is 71.2 cm³/mol. The Kier molecular flexibility index (Phi) is 5.44. The highest BCUT2D eigenvalue weighted by atomic mass is 16.2. The lowest BCUT2D eigenvalue weighted by Crippen LogP contribution is -2.51. The molecule has 0 aliphatic carbocycles. The van der Waals surface area contributed by atoms with E-state index in [2.05, 4.69) is 10.6 Å². The molecule has 1 saturated heterocycles. The quantitative estimate of drug-likeness (QED) is 0.799. The number of urea groups is 1. The highest BCUT2D eigenvalue weighted by Gasteiger charge is 2.24. The first-order chi connectivity index (χ1) is 8.40. The van der Waals surface area contributed by atoms with Crippen molar-refractivity contribution in [3.8, 4) is 0 Å². The zero-order chi connectivity index (χ0) is 13.7. The zero-order valence-electron chi connectivity index (χ0n) is 11.8. The number of likely N-dealkylation sites (tertiary alicyclic amines) is 1. The second-order valence-corrected chi connectivity index (χ2v) is 5.53. The van der Waals surface area contributed by atoms with Crippen LogP contribution in [0.2, 0.25) is 0 Å². The van der Waals surface area contributed by atoms with Gasteiger partial charge >= 0.3 is 6.03 Å². The van der Waals surface area contributed by atoms with Crippen molar-refractivity contribution < 1.29 is 9.59 Å². The molecule has 0 saturated carbocycles. The lowest BCUT2D eigenvalue weighted by atomic mass is 10.0. The number of rotatable bonds is 3. The molecule has 0 radical (unpaired) electrons. The highest BCUT2D eigenvalue weighted by Crippen LogP contribution is 2.11. The van der Waals surface area contributed by atoms with Gasteiger partial charge in [0, 0.05) is 31.1 Å². The van der Waals surface area contributed by atoms with E-state index in [1.54, 1.807) is 0 Å². The first kappa shape index (κ1) is 14.8. The Morgan fingerprint density at radius 2 is 1.67 bits per heavy atom. The van der Waals surface area contributed by atoms with E-state index in [1.165, 1.54) is 0 Å². The SMILES string of the molecule is CC(C)NC(=O)N1CCC(NC(=O)C(C)C)CC1. The van der Waals surface area contributed by atoms with Gasteiger partial charge in [-0.05, 0) is 26.7 Å². The number of nitrogens with zero attached hydrogens (tertiary/aromatic N) is 1. The molecule has 104 valence electrons. The van der Waals surface area contributed by atoms with Crippen LogP contribution in [-0.2, 0) is 4.79 Å². The summed E-state index contributed by atoms with van der Waals surface area (Å²) < 4.78 is 0. The van der Waals surface area contributed by atoms with E-state index in [1.807, 2.05) is 32.6 Å². The van der Waals surface area contributed by atoms with Gasteiger partial charge in [0.15, 0.2) is 0 Å². The normalized spacial score (nSPS) is 17.1. The molecular formula is C13H25N3O2. The van der Waals surface area contributed by atoms with Crippen LogP contribution in [0.3, 0.4) is 0 Å². The summed E-state index contributed by atoms with van der Waals surface area (Å²) in [5, 5.41) is 5.91. The molecule has 2 N–H and O–H groups in total.